The number of ketones is 1. The first-order valence-corrected chi connectivity index (χ1v) is 5.87. The van der Waals surface area contributed by atoms with Crippen molar-refractivity contribution in [3.05, 3.63) is 18.2 Å². The first-order chi connectivity index (χ1) is 7.77. The van der Waals surface area contributed by atoms with E-state index in [1.807, 2.05) is 17.7 Å². The van der Waals surface area contributed by atoms with Crippen molar-refractivity contribution in [2.24, 2.45) is 0 Å². The van der Waals surface area contributed by atoms with Gasteiger partial charge in [0.1, 0.15) is 11.6 Å². The van der Waals surface area contributed by atoms with Gasteiger partial charge in [-0.15, -0.1) is 0 Å². The lowest BCUT2D eigenvalue weighted by Gasteiger charge is -2.05. The molecule has 4 nitrogen and oxygen atoms in total. The molecule has 0 aromatic carbocycles. The summed E-state index contributed by atoms with van der Waals surface area (Å²) in [4.78, 5) is 15.8. The van der Waals surface area contributed by atoms with E-state index in [2.05, 4.69) is 11.9 Å². The van der Waals surface area contributed by atoms with Gasteiger partial charge in [0.05, 0.1) is 13.0 Å². The highest BCUT2D eigenvalue weighted by molar-refractivity contribution is 5.80. The highest BCUT2D eigenvalue weighted by atomic mass is 16.5. The van der Waals surface area contributed by atoms with Gasteiger partial charge in [-0.05, 0) is 13.3 Å². The lowest BCUT2D eigenvalue weighted by Crippen LogP contribution is -2.12. The van der Waals surface area contributed by atoms with E-state index in [0.29, 0.717) is 26.1 Å². The molecule has 0 radical (unpaired) electrons. The Hall–Kier alpha value is -1.16. The van der Waals surface area contributed by atoms with Crippen LogP contribution >= 0.6 is 0 Å². The fourth-order valence-electron chi connectivity index (χ4n) is 1.55. The molecule has 1 heterocycles. The predicted molar refractivity (Wildman–Crippen MR) is 62.3 cm³/mol. The Morgan fingerprint density at radius 3 is 3.00 bits per heavy atom. The average molecular weight is 224 g/mol. The van der Waals surface area contributed by atoms with E-state index in [0.717, 1.165) is 18.8 Å². The molecule has 0 fully saturated rings. The first-order valence-electron chi connectivity index (χ1n) is 5.87. The van der Waals surface area contributed by atoms with Gasteiger partial charge >= 0.3 is 0 Å². The van der Waals surface area contributed by atoms with E-state index in [9.17, 15) is 4.79 Å². The van der Waals surface area contributed by atoms with Gasteiger partial charge in [-0.25, -0.2) is 4.98 Å². The summed E-state index contributed by atoms with van der Waals surface area (Å²) in [6, 6.07) is 0. The van der Waals surface area contributed by atoms with Crippen LogP contribution < -0.4 is 0 Å². The molecule has 90 valence electrons. The minimum absolute atomic E-state index is 0.192. The first kappa shape index (κ1) is 12.9. The Morgan fingerprint density at radius 2 is 2.31 bits per heavy atom. The number of carbonyl (C=O) groups excluding carboxylic acids is 1. The molecule has 16 heavy (non-hydrogen) atoms. The number of hydrogen-bond acceptors (Lipinski definition) is 3. The molecule has 1 rings (SSSR count). The van der Waals surface area contributed by atoms with Gasteiger partial charge in [-0.2, -0.15) is 0 Å². The maximum absolute atomic E-state index is 11.6. The van der Waals surface area contributed by atoms with Crippen molar-refractivity contribution < 1.29 is 9.53 Å². The molecule has 0 aliphatic rings. The molecule has 0 saturated heterocycles. The SMILES string of the molecule is CCCn1ccnc1CC(=O)CCOCC. The summed E-state index contributed by atoms with van der Waals surface area (Å²) in [6.07, 6.45) is 5.62. The number of carbonyl (C=O) groups is 1. The van der Waals surface area contributed by atoms with Gasteiger partial charge in [-0.1, -0.05) is 6.92 Å². The quantitative estimate of drug-likeness (QED) is 0.633. The van der Waals surface area contributed by atoms with Gasteiger partial charge in [0, 0.05) is 32.0 Å². The largest absolute Gasteiger partial charge is 0.381 e. The third-order valence-electron chi connectivity index (χ3n) is 2.35. The van der Waals surface area contributed by atoms with Gasteiger partial charge in [0.15, 0.2) is 0 Å². The monoisotopic (exact) mass is 224 g/mol. The molecule has 0 atom stereocenters. The van der Waals surface area contributed by atoms with Crippen molar-refractivity contribution in [2.75, 3.05) is 13.2 Å². The van der Waals surface area contributed by atoms with Crippen molar-refractivity contribution in [2.45, 2.75) is 39.7 Å². The van der Waals surface area contributed by atoms with Crippen molar-refractivity contribution >= 4 is 5.78 Å². The van der Waals surface area contributed by atoms with Crippen LogP contribution in [0.5, 0.6) is 0 Å². The topological polar surface area (TPSA) is 44.1 Å². The van der Waals surface area contributed by atoms with E-state index in [4.69, 9.17) is 4.74 Å². The minimum atomic E-state index is 0.192. The molecular weight excluding hydrogens is 204 g/mol. The molecule has 0 spiro atoms. The van der Waals surface area contributed by atoms with E-state index in [1.54, 1.807) is 6.20 Å². The normalized spacial score (nSPS) is 10.6. The lowest BCUT2D eigenvalue weighted by molar-refractivity contribution is -0.119. The maximum atomic E-state index is 11.6. The third-order valence-corrected chi connectivity index (χ3v) is 2.35. The van der Waals surface area contributed by atoms with Crippen LogP contribution in [0, 0.1) is 0 Å². The van der Waals surface area contributed by atoms with Gasteiger partial charge in [0.2, 0.25) is 0 Å². The van der Waals surface area contributed by atoms with Crippen LogP contribution in [0.15, 0.2) is 12.4 Å². The third kappa shape index (κ3) is 4.14. The number of Topliss-reactive ketones (excluding diaryl/α,β-unsaturated/α-hetero) is 1. The molecule has 1 aromatic heterocycles. The summed E-state index contributed by atoms with van der Waals surface area (Å²) in [7, 11) is 0. The van der Waals surface area contributed by atoms with E-state index in [1.165, 1.54) is 0 Å². The van der Waals surface area contributed by atoms with Crippen LogP contribution in [0.2, 0.25) is 0 Å². The molecule has 0 bridgehead atoms. The fourth-order valence-corrected chi connectivity index (χ4v) is 1.55. The zero-order valence-corrected chi connectivity index (χ0v) is 10.1. The molecule has 1 aromatic rings. The smallest absolute Gasteiger partial charge is 0.142 e. The van der Waals surface area contributed by atoms with Gasteiger partial charge in [-0.3, -0.25) is 4.79 Å². The number of aryl methyl sites for hydroxylation is 1. The fraction of sp³-hybridized carbons (Fsp3) is 0.667. The van der Waals surface area contributed by atoms with Crippen LogP contribution in [0.3, 0.4) is 0 Å². The summed E-state index contributed by atoms with van der Waals surface area (Å²) in [5, 5.41) is 0. The number of rotatable bonds is 8. The number of aromatic nitrogens is 2. The van der Waals surface area contributed by atoms with Crippen LogP contribution in [-0.4, -0.2) is 28.5 Å². The maximum Gasteiger partial charge on any atom is 0.142 e. The van der Waals surface area contributed by atoms with Crippen LogP contribution in [0.4, 0.5) is 0 Å². The second-order valence-corrected chi connectivity index (χ2v) is 3.70. The Kier molecular flexibility index (Phi) is 5.78. The molecule has 4 heteroatoms. The van der Waals surface area contributed by atoms with E-state index < -0.39 is 0 Å². The standard InChI is InChI=1S/C12H20N2O2/c1-3-7-14-8-6-13-12(14)10-11(15)5-9-16-4-2/h6,8H,3-5,7,9-10H2,1-2H3. The lowest BCUT2D eigenvalue weighted by atomic mass is 10.2. The highest BCUT2D eigenvalue weighted by Crippen LogP contribution is 2.02. The van der Waals surface area contributed by atoms with Crippen molar-refractivity contribution in [1.29, 1.82) is 0 Å². The predicted octanol–water partition coefficient (Wildman–Crippen LogP) is 1.83. The summed E-state index contributed by atoms with van der Waals surface area (Å²) >= 11 is 0. The van der Waals surface area contributed by atoms with Gasteiger partial charge in [0.25, 0.3) is 0 Å². The number of ether oxygens (including phenoxy) is 1. The Bertz CT molecular complexity index is 321. The van der Waals surface area contributed by atoms with Crippen molar-refractivity contribution in [3.8, 4) is 0 Å². The zero-order valence-electron chi connectivity index (χ0n) is 10.1. The summed E-state index contributed by atoms with van der Waals surface area (Å²) in [6.45, 7) is 6.15. The number of imidazole rings is 1. The van der Waals surface area contributed by atoms with Crippen molar-refractivity contribution in [1.82, 2.24) is 9.55 Å². The van der Waals surface area contributed by atoms with Crippen LogP contribution in [-0.2, 0) is 22.5 Å². The zero-order chi connectivity index (χ0) is 11.8. The molecule has 0 unspecified atom stereocenters. The van der Waals surface area contributed by atoms with Crippen LogP contribution in [0.25, 0.3) is 0 Å². The Morgan fingerprint density at radius 1 is 1.50 bits per heavy atom. The Balaban J connectivity index is 2.39. The van der Waals surface area contributed by atoms with Gasteiger partial charge < -0.3 is 9.30 Å². The highest BCUT2D eigenvalue weighted by Gasteiger charge is 2.08. The second kappa shape index (κ2) is 7.17. The average Bonchev–Trinajstić information content (AvgIpc) is 2.67. The van der Waals surface area contributed by atoms with E-state index >= 15 is 0 Å². The summed E-state index contributed by atoms with van der Waals surface area (Å²) in [5.74, 6) is 1.06. The molecular formula is C12H20N2O2. The number of nitrogens with zero attached hydrogens (tertiary/aromatic N) is 2. The van der Waals surface area contributed by atoms with Crippen molar-refractivity contribution in [3.63, 3.8) is 0 Å². The molecule has 0 amide bonds. The second-order valence-electron chi connectivity index (χ2n) is 3.70. The molecule has 0 aliphatic carbocycles. The van der Waals surface area contributed by atoms with Crippen LogP contribution in [0.1, 0.15) is 32.5 Å². The summed E-state index contributed by atoms with van der Waals surface area (Å²) < 4.78 is 7.19. The molecule has 0 N–H and O–H groups in total. The minimum Gasteiger partial charge on any atom is -0.381 e. The number of hydrogen-bond donors (Lipinski definition) is 0. The van der Waals surface area contributed by atoms with E-state index in [-0.39, 0.29) is 5.78 Å². The Labute approximate surface area is 96.6 Å². The molecule has 0 aliphatic heterocycles. The molecule has 0 saturated carbocycles. The summed E-state index contributed by atoms with van der Waals surface area (Å²) in [5.41, 5.74) is 0.